The molecule has 2 atom stereocenters. The van der Waals surface area contributed by atoms with E-state index in [1.807, 2.05) is 52.0 Å². The number of benzene rings is 2. The van der Waals surface area contributed by atoms with Crippen molar-refractivity contribution in [2.75, 3.05) is 10.6 Å². The molecule has 2 aromatic carbocycles. The number of carbonyl (C=O) groups excluding carboxylic acids is 1. The van der Waals surface area contributed by atoms with Crippen molar-refractivity contribution in [1.82, 2.24) is 5.32 Å². The number of sulfonamides is 1. The minimum Gasteiger partial charge on any atom is -0.347 e. The Morgan fingerprint density at radius 1 is 1.04 bits per heavy atom. The van der Waals surface area contributed by atoms with Crippen LogP contribution in [0.3, 0.4) is 0 Å². The van der Waals surface area contributed by atoms with E-state index in [1.54, 1.807) is 19.1 Å². The number of aryl methyl sites for hydroxylation is 3. The molecule has 0 saturated heterocycles. The maximum absolute atomic E-state index is 12.9. The molecule has 152 valence electrons. The summed E-state index contributed by atoms with van der Waals surface area (Å²) in [7, 11) is -3.62. The summed E-state index contributed by atoms with van der Waals surface area (Å²) in [6.07, 6.45) is 1.83. The third-order valence-electron chi connectivity index (χ3n) is 5.04. The predicted octanol–water partition coefficient (Wildman–Crippen LogP) is 4.03. The van der Waals surface area contributed by atoms with Gasteiger partial charge >= 0.3 is 0 Å². The number of carbonyl (C=O) groups is 1. The first-order valence-corrected chi connectivity index (χ1v) is 11.3. The van der Waals surface area contributed by atoms with Crippen LogP contribution in [0.15, 0.2) is 42.5 Å². The minimum atomic E-state index is -3.62. The molecule has 0 saturated carbocycles. The Bertz CT molecular complexity index is 937. The van der Waals surface area contributed by atoms with E-state index in [4.69, 9.17) is 0 Å². The summed E-state index contributed by atoms with van der Waals surface area (Å²) in [5.41, 5.74) is 4.88. The van der Waals surface area contributed by atoms with Crippen molar-refractivity contribution >= 4 is 21.6 Å². The number of nitrogens with one attached hydrogen (secondary N) is 1. The Morgan fingerprint density at radius 2 is 1.64 bits per heavy atom. The second-order valence-corrected chi connectivity index (χ2v) is 9.24. The smallest absolute Gasteiger partial charge is 0.244 e. The van der Waals surface area contributed by atoms with E-state index in [2.05, 4.69) is 11.4 Å². The van der Waals surface area contributed by atoms with Gasteiger partial charge in [-0.3, -0.25) is 9.10 Å². The van der Waals surface area contributed by atoms with Gasteiger partial charge in [0.15, 0.2) is 0 Å². The summed E-state index contributed by atoms with van der Waals surface area (Å²) < 4.78 is 26.0. The van der Waals surface area contributed by atoms with Crippen LogP contribution in [0, 0.1) is 20.8 Å². The SMILES string of the molecule is CC[C@H](NC(=O)[C@@H](C)N(c1ccc(C)cc1)S(C)(=O)=O)c1ccc(C)c(C)c1. The van der Waals surface area contributed by atoms with Crippen LogP contribution in [0.1, 0.15) is 48.6 Å². The van der Waals surface area contributed by atoms with Crippen LogP contribution in [-0.2, 0) is 14.8 Å². The summed E-state index contributed by atoms with van der Waals surface area (Å²) in [5, 5.41) is 3.02. The molecule has 0 aromatic heterocycles. The average molecular weight is 403 g/mol. The lowest BCUT2D eigenvalue weighted by molar-refractivity contribution is -0.122. The maximum atomic E-state index is 12.9. The lowest BCUT2D eigenvalue weighted by Gasteiger charge is -2.30. The fourth-order valence-electron chi connectivity index (χ4n) is 3.20. The van der Waals surface area contributed by atoms with Gasteiger partial charge in [0.05, 0.1) is 18.0 Å². The van der Waals surface area contributed by atoms with Crippen LogP contribution < -0.4 is 9.62 Å². The maximum Gasteiger partial charge on any atom is 0.244 e. The minimum absolute atomic E-state index is 0.173. The lowest BCUT2D eigenvalue weighted by atomic mass is 9.99. The Kier molecular flexibility index (Phi) is 6.88. The van der Waals surface area contributed by atoms with Gasteiger partial charge in [-0.2, -0.15) is 0 Å². The first kappa shape index (κ1) is 22.0. The Hall–Kier alpha value is -2.34. The third kappa shape index (κ3) is 5.13. The quantitative estimate of drug-likeness (QED) is 0.760. The van der Waals surface area contributed by atoms with E-state index < -0.39 is 16.1 Å². The van der Waals surface area contributed by atoms with E-state index in [-0.39, 0.29) is 11.9 Å². The zero-order valence-electron chi connectivity index (χ0n) is 17.5. The Morgan fingerprint density at radius 3 is 2.14 bits per heavy atom. The van der Waals surface area contributed by atoms with Gasteiger partial charge in [-0.15, -0.1) is 0 Å². The average Bonchev–Trinajstić information content (AvgIpc) is 2.62. The van der Waals surface area contributed by atoms with E-state index in [9.17, 15) is 13.2 Å². The van der Waals surface area contributed by atoms with E-state index in [1.165, 1.54) is 9.87 Å². The van der Waals surface area contributed by atoms with Crippen molar-refractivity contribution in [1.29, 1.82) is 0 Å². The molecule has 0 unspecified atom stereocenters. The van der Waals surface area contributed by atoms with Gasteiger partial charge < -0.3 is 5.32 Å². The lowest BCUT2D eigenvalue weighted by Crippen LogP contribution is -2.48. The second-order valence-electron chi connectivity index (χ2n) is 7.38. The summed E-state index contributed by atoms with van der Waals surface area (Å²) in [6.45, 7) is 9.63. The number of hydrogen-bond donors (Lipinski definition) is 1. The first-order valence-electron chi connectivity index (χ1n) is 9.48. The molecule has 0 aliphatic rings. The van der Waals surface area contributed by atoms with Gasteiger partial charge in [0.1, 0.15) is 6.04 Å². The normalized spacial score (nSPS) is 13.6. The van der Waals surface area contributed by atoms with Crippen LogP contribution in [0.25, 0.3) is 0 Å². The molecule has 6 heteroatoms. The number of anilines is 1. The molecule has 0 bridgehead atoms. The standard InChI is InChI=1S/C22H30N2O3S/c1-7-21(19-11-10-16(3)17(4)14-19)23-22(25)18(5)24(28(6,26)27)20-12-8-15(2)9-13-20/h8-14,18,21H,7H2,1-6H3,(H,23,25)/t18-,21+/m1/s1. The highest BCUT2D eigenvalue weighted by Gasteiger charge is 2.30. The monoisotopic (exact) mass is 402 g/mol. The van der Waals surface area contributed by atoms with Gasteiger partial charge in [-0.05, 0) is 62.9 Å². The molecule has 1 N–H and O–H groups in total. The Labute approximate surface area is 168 Å². The molecular weight excluding hydrogens is 372 g/mol. The van der Waals surface area contributed by atoms with Crippen molar-refractivity contribution in [3.63, 3.8) is 0 Å². The van der Waals surface area contributed by atoms with Crippen molar-refractivity contribution < 1.29 is 13.2 Å². The third-order valence-corrected chi connectivity index (χ3v) is 6.28. The molecule has 0 radical (unpaired) electrons. The topological polar surface area (TPSA) is 66.5 Å². The number of nitrogens with zero attached hydrogens (tertiary/aromatic N) is 1. The first-order chi connectivity index (χ1) is 13.0. The van der Waals surface area contributed by atoms with E-state index in [0.717, 1.165) is 22.9 Å². The van der Waals surface area contributed by atoms with Crippen molar-refractivity contribution in [3.05, 3.63) is 64.7 Å². The molecule has 28 heavy (non-hydrogen) atoms. The Balaban J connectivity index is 2.28. The molecule has 2 rings (SSSR count). The van der Waals surface area contributed by atoms with Gasteiger partial charge in [-0.25, -0.2) is 8.42 Å². The number of rotatable bonds is 7. The van der Waals surface area contributed by atoms with Gasteiger partial charge in [-0.1, -0.05) is 42.8 Å². The molecule has 0 aliphatic heterocycles. The highest BCUT2D eigenvalue weighted by Crippen LogP contribution is 2.23. The number of amides is 1. The molecule has 0 aliphatic carbocycles. The molecule has 0 heterocycles. The molecule has 0 spiro atoms. The van der Waals surface area contributed by atoms with Crippen molar-refractivity contribution in [2.45, 2.75) is 53.1 Å². The van der Waals surface area contributed by atoms with Crippen molar-refractivity contribution in [3.8, 4) is 0 Å². The fraction of sp³-hybridized carbons (Fsp3) is 0.409. The number of hydrogen-bond acceptors (Lipinski definition) is 3. The van der Waals surface area contributed by atoms with Crippen LogP contribution in [0.5, 0.6) is 0 Å². The molecule has 1 amide bonds. The largest absolute Gasteiger partial charge is 0.347 e. The molecule has 5 nitrogen and oxygen atoms in total. The van der Waals surface area contributed by atoms with E-state index >= 15 is 0 Å². The van der Waals surface area contributed by atoms with Crippen LogP contribution in [0.4, 0.5) is 5.69 Å². The summed E-state index contributed by atoms with van der Waals surface area (Å²) in [5.74, 6) is -0.323. The highest BCUT2D eigenvalue weighted by molar-refractivity contribution is 7.92. The van der Waals surface area contributed by atoms with E-state index in [0.29, 0.717) is 12.1 Å². The van der Waals surface area contributed by atoms with Gasteiger partial charge in [0.2, 0.25) is 15.9 Å². The summed E-state index contributed by atoms with van der Waals surface area (Å²) >= 11 is 0. The zero-order chi connectivity index (χ0) is 21.1. The van der Waals surface area contributed by atoms with Gasteiger partial charge in [0, 0.05) is 0 Å². The van der Waals surface area contributed by atoms with Crippen LogP contribution >= 0.6 is 0 Å². The zero-order valence-corrected chi connectivity index (χ0v) is 18.3. The van der Waals surface area contributed by atoms with Crippen molar-refractivity contribution in [2.24, 2.45) is 0 Å². The molecular formula is C22H30N2O3S. The predicted molar refractivity (Wildman–Crippen MR) is 115 cm³/mol. The summed E-state index contributed by atoms with van der Waals surface area (Å²) in [4.78, 5) is 12.9. The van der Waals surface area contributed by atoms with Gasteiger partial charge in [0.25, 0.3) is 0 Å². The second kappa shape index (κ2) is 8.78. The van der Waals surface area contributed by atoms with Crippen LogP contribution in [0.2, 0.25) is 0 Å². The highest BCUT2D eigenvalue weighted by atomic mass is 32.2. The molecule has 2 aromatic rings. The fourth-order valence-corrected chi connectivity index (χ4v) is 4.37. The summed E-state index contributed by atoms with van der Waals surface area (Å²) in [6, 6.07) is 12.2. The van der Waals surface area contributed by atoms with Crippen LogP contribution in [-0.4, -0.2) is 26.6 Å². The molecule has 0 fully saturated rings.